The molecule has 1 aliphatic heterocycles. The molecule has 23 heavy (non-hydrogen) atoms. The monoisotopic (exact) mass is 317 g/mol. The molecule has 0 bridgehead atoms. The van der Waals surface area contributed by atoms with Crippen LogP contribution in [0, 0.1) is 13.8 Å². The molecule has 1 atom stereocenters. The second-order valence-corrected chi connectivity index (χ2v) is 6.17. The number of carbonyl (C=O) groups is 1. The number of amides is 1. The molecule has 2 aromatic rings. The van der Waals surface area contributed by atoms with Crippen LogP contribution in [0.1, 0.15) is 41.5 Å². The Balaban J connectivity index is 1.49. The summed E-state index contributed by atoms with van der Waals surface area (Å²) in [5.41, 5.74) is 2.96. The van der Waals surface area contributed by atoms with Crippen molar-refractivity contribution in [1.29, 1.82) is 0 Å². The summed E-state index contributed by atoms with van der Waals surface area (Å²) in [6, 6.07) is 2.02. The van der Waals surface area contributed by atoms with Crippen LogP contribution in [0.15, 0.2) is 16.8 Å². The summed E-state index contributed by atoms with van der Waals surface area (Å²) in [5, 5.41) is 13.9. The van der Waals surface area contributed by atoms with Crippen molar-refractivity contribution in [3.63, 3.8) is 0 Å². The van der Waals surface area contributed by atoms with Gasteiger partial charge in [-0.2, -0.15) is 5.10 Å². The van der Waals surface area contributed by atoms with Gasteiger partial charge in [0.2, 0.25) is 5.91 Å². The van der Waals surface area contributed by atoms with E-state index in [2.05, 4.69) is 25.6 Å². The predicted octanol–water partition coefficient (Wildman–Crippen LogP) is 1.51. The molecule has 1 fully saturated rings. The summed E-state index contributed by atoms with van der Waals surface area (Å²) in [5.74, 6) is 1.23. The number of rotatable bonds is 5. The van der Waals surface area contributed by atoms with Gasteiger partial charge in [0.15, 0.2) is 0 Å². The smallest absolute Gasteiger partial charge is 0.234 e. The minimum Gasteiger partial charge on any atom is -0.361 e. The van der Waals surface area contributed by atoms with Crippen LogP contribution in [0.3, 0.4) is 0 Å². The standard InChI is InChI=1S/C16H23N5O2/c1-11-14(12(2)23-20-11)8-17-16(22)10-21-7-3-4-13(9-21)15-5-6-18-19-15/h5-6,13H,3-4,7-10H2,1-2H3,(H,17,22)(H,18,19)/t13-/m1/s1. The van der Waals surface area contributed by atoms with E-state index in [0.29, 0.717) is 19.0 Å². The van der Waals surface area contributed by atoms with E-state index in [-0.39, 0.29) is 5.91 Å². The van der Waals surface area contributed by atoms with Crippen molar-refractivity contribution in [3.05, 3.63) is 35.0 Å². The molecule has 124 valence electrons. The zero-order valence-corrected chi connectivity index (χ0v) is 13.6. The van der Waals surface area contributed by atoms with Crippen LogP contribution in [0.25, 0.3) is 0 Å². The maximum atomic E-state index is 12.2. The topological polar surface area (TPSA) is 87.1 Å². The fourth-order valence-electron chi connectivity index (χ4n) is 3.15. The molecular formula is C16H23N5O2. The number of carbonyl (C=O) groups excluding carboxylic acids is 1. The van der Waals surface area contributed by atoms with Crippen molar-refractivity contribution in [2.24, 2.45) is 0 Å². The summed E-state index contributed by atoms with van der Waals surface area (Å²) in [6.45, 7) is 6.49. The maximum Gasteiger partial charge on any atom is 0.234 e. The second-order valence-electron chi connectivity index (χ2n) is 6.17. The number of hydrogen-bond donors (Lipinski definition) is 2. The van der Waals surface area contributed by atoms with Crippen molar-refractivity contribution >= 4 is 5.91 Å². The largest absolute Gasteiger partial charge is 0.361 e. The average molecular weight is 317 g/mol. The lowest BCUT2D eigenvalue weighted by Crippen LogP contribution is -2.42. The highest BCUT2D eigenvalue weighted by Gasteiger charge is 2.23. The molecule has 0 aromatic carbocycles. The first-order valence-corrected chi connectivity index (χ1v) is 8.03. The van der Waals surface area contributed by atoms with Crippen molar-refractivity contribution in [2.75, 3.05) is 19.6 Å². The summed E-state index contributed by atoms with van der Waals surface area (Å²) in [4.78, 5) is 14.4. The molecule has 0 spiro atoms. The molecule has 2 N–H and O–H groups in total. The summed E-state index contributed by atoms with van der Waals surface area (Å²) >= 11 is 0. The summed E-state index contributed by atoms with van der Waals surface area (Å²) in [6.07, 6.45) is 4.02. The van der Waals surface area contributed by atoms with Gasteiger partial charge in [-0.3, -0.25) is 14.8 Å². The van der Waals surface area contributed by atoms with Crippen LogP contribution in [-0.4, -0.2) is 45.8 Å². The van der Waals surface area contributed by atoms with Crippen molar-refractivity contribution in [1.82, 2.24) is 25.6 Å². The van der Waals surface area contributed by atoms with E-state index in [0.717, 1.165) is 48.6 Å². The minimum absolute atomic E-state index is 0.0373. The Kier molecular flexibility index (Phi) is 4.76. The Morgan fingerprint density at radius 3 is 3.09 bits per heavy atom. The molecule has 3 rings (SSSR count). The normalized spacial score (nSPS) is 19.0. The van der Waals surface area contributed by atoms with Gasteiger partial charge >= 0.3 is 0 Å². The fourth-order valence-corrected chi connectivity index (χ4v) is 3.15. The summed E-state index contributed by atoms with van der Waals surface area (Å²) in [7, 11) is 0. The molecule has 2 aromatic heterocycles. The highest BCUT2D eigenvalue weighted by Crippen LogP contribution is 2.24. The number of nitrogens with zero attached hydrogens (tertiary/aromatic N) is 3. The first-order valence-electron chi connectivity index (χ1n) is 8.03. The lowest BCUT2D eigenvalue weighted by molar-refractivity contribution is -0.122. The molecular weight excluding hydrogens is 294 g/mol. The summed E-state index contributed by atoms with van der Waals surface area (Å²) < 4.78 is 5.11. The SMILES string of the molecule is Cc1noc(C)c1CNC(=O)CN1CCC[C@@H](c2ccn[nH]2)C1. The van der Waals surface area contributed by atoms with Crippen molar-refractivity contribution in [2.45, 2.75) is 39.2 Å². The molecule has 0 aliphatic carbocycles. The molecule has 3 heterocycles. The molecule has 1 aliphatic rings. The van der Waals surface area contributed by atoms with Crippen LogP contribution in [0.2, 0.25) is 0 Å². The first kappa shape index (κ1) is 15.7. The third-order valence-corrected chi connectivity index (χ3v) is 4.48. The van der Waals surface area contributed by atoms with Gasteiger partial charge in [0, 0.05) is 36.5 Å². The Morgan fingerprint density at radius 1 is 1.52 bits per heavy atom. The maximum absolute atomic E-state index is 12.2. The lowest BCUT2D eigenvalue weighted by atomic mass is 9.95. The Labute approximate surface area is 135 Å². The van der Waals surface area contributed by atoms with Gasteiger partial charge in [-0.1, -0.05) is 5.16 Å². The van der Waals surface area contributed by atoms with Crippen molar-refractivity contribution < 1.29 is 9.32 Å². The number of nitrogens with one attached hydrogen (secondary N) is 2. The molecule has 0 unspecified atom stereocenters. The van der Waals surface area contributed by atoms with Gasteiger partial charge in [-0.25, -0.2) is 0 Å². The molecule has 1 amide bonds. The van der Waals surface area contributed by atoms with E-state index in [1.54, 1.807) is 6.20 Å². The highest BCUT2D eigenvalue weighted by atomic mass is 16.5. The Hall–Kier alpha value is -2.15. The lowest BCUT2D eigenvalue weighted by Gasteiger charge is -2.31. The zero-order valence-electron chi connectivity index (χ0n) is 13.6. The number of piperidine rings is 1. The fraction of sp³-hybridized carbons (Fsp3) is 0.562. The van der Waals surface area contributed by atoms with E-state index in [1.807, 2.05) is 19.9 Å². The van der Waals surface area contributed by atoms with Crippen LogP contribution >= 0.6 is 0 Å². The van der Waals surface area contributed by atoms with E-state index in [9.17, 15) is 4.79 Å². The quantitative estimate of drug-likeness (QED) is 0.873. The van der Waals surface area contributed by atoms with E-state index in [4.69, 9.17) is 4.52 Å². The number of H-pyrrole nitrogens is 1. The van der Waals surface area contributed by atoms with Crippen LogP contribution in [0.4, 0.5) is 0 Å². The van der Waals surface area contributed by atoms with Gasteiger partial charge in [0.25, 0.3) is 0 Å². The van der Waals surface area contributed by atoms with Gasteiger partial charge in [0.1, 0.15) is 5.76 Å². The van der Waals surface area contributed by atoms with Gasteiger partial charge in [-0.15, -0.1) is 0 Å². The van der Waals surface area contributed by atoms with Crippen molar-refractivity contribution in [3.8, 4) is 0 Å². The predicted molar refractivity (Wildman–Crippen MR) is 84.8 cm³/mol. The van der Waals surface area contributed by atoms with E-state index >= 15 is 0 Å². The van der Waals surface area contributed by atoms with Crippen LogP contribution < -0.4 is 5.32 Å². The first-order chi connectivity index (χ1) is 11.1. The third kappa shape index (κ3) is 3.79. The molecule has 7 heteroatoms. The highest BCUT2D eigenvalue weighted by molar-refractivity contribution is 5.78. The zero-order chi connectivity index (χ0) is 16.2. The average Bonchev–Trinajstić information content (AvgIpc) is 3.17. The van der Waals surface area contributed by atoms with Gasteiger partial charge in [-0.05, 0) is 39.3 Å². The second kappa shape index (κ2) is 6.95. The van der Waals surface area contributed by atoms with E-state index < -0.39 is 0 Å². The Morgan fingerprint density at radius 2 is 2.39 bits per heavy atom. The molecule has 0 saturated carbocycles. The number of aromatic nitrogens is 3. The van der Waals surface area contributed by atoms with Gasteiger partial charge in [0.05, 0.1) is 12.2 Å². The van der Waals surface area contributed by atoms with Gasteiger partial charge < -0.3 is 9.84 Å². The number of aryl methyl sites for hydroxylation is 2. The van der Waals surface area contributed by atoms with Crippen LogP contribution in [0.5, 0.6) is 0 Å². The Bertz CT molecular complexity index is 630. The number of hydrogen-bond acceptors (Lipinski definition) is 5. The molecule has 1 saturated heterocycles. The minimum atomic E-state index is 0.0373. The number of aromatic amines is 1. The number of likely N-dealkylation sites (tertiary alicyclic amines) is 1. The molecule has 7 nitrogen and oxygen atoms in total. The third-order valence-electron chi connectivity index (χ3n) is 4.48. The van der Waals surface area contributed by atoms with Crippen LogP contribution in [-0.2, 0) is 11.3 Å². The van der Waals surface area contributed by atoms with E-state index in [1.165, 1.54) is 0 Å². The molecule has 0 radical (unpaired) electrons.